The van der Waals surface area contributed by atoms with Gasteiger partial charge in [0.1, 0.15) is 4.88 Å². The monoisotopic (exact) mass is 384 g/mol. The van der Waals surface area contributed by atoms with Gasteiger partial charge in [0.05, 0.1) is 12.3 Å². The standard InChI is InChI=1S/C16H17ClN2O3S2/c1-3-22-15(21)14-10(2)18-16(24-14)19-13(20)8-9-23-12-6-4-11(17)5-7-12/h4-7H,3,8-9H2,1-2H3,(H,18,19,20). The summed E-state index contributed by atoms with van der Waals surface area (Å²) >= 11 is 8.54. The summed E-state index contributed by atoms with van der Waals surface area (Å²) in [6.45, 7) is 3.77. The molecule has 0 unspecified atom stereocenters. The van der Waals surface area contributed by atoms with Crippen molar-refractivity contribution in [1.82, 2.24) is 4.98 Å². The van der Waals surface area contributed by atoms with Crippen molar-refractivity contribution in [1.29, 1.82) is 0 Å². The van der Waals surface area contributed by atoms with Crippen molar-refractivity contribution in [2.75, 3.05) is 17.7 Å². The van der Waals surface area contributed by atoms with Gasteiger partial charge in [0.25, 0.3) is 0 Å². The minimum Gasteiger partial charge on any atom is -0.462 e. The molecule has 0 spiro atoms. The molecule has 0 bridgehead atoms. The van der Waals surface area contributed by atoms with E-state index in [1.54, 1.807) is 25.6 Å². The van der Waals surface area contributed by atoms with Crippen LogP contribution in [0.3, 0.4) is 0 Å². The highest BCUT2D eigenvalue weighted by molar-refractivity contribution is 7.99. The van der Waals surface area contributed by atoms with E-state index in [0.717, 1.165) is 16.2 Å². The Labute approximate surface area is 153 Å². The minimum atomic E-state index is -0.411. The average molecular weight is 385 g/mol. The predicted molar refractivity (Wildman–Crippen MR) is 98.2 cm³/mol. The van der Waals surface area contributed by atoms with Gasteiger partial charge in [-0.05, 0) is 38.1 Å². The molecule has 0 aliphatic heterocycles. The fraction of sp³-hybridized carbons (Fsp3) is 0.312. The van der Waals surface area contributed by atoms with Gasteiger partial charge in [-0.15, -0.1) is 11.8 Å². The summed E-state index contributed by atoms with van der Waals surface area (Å²) < 4.78 is 4.96. The van der Waals surface area contributed by atoms with E-state index >= 15 is 0 Å². The molecule has 1 N–H and O–H groups in total. The number of halogens is 1. The third-order valence-corrected chi connectivity index (χ3v) is 5.23. The van der Waals surface area contributed by atoms with Crippen LogP contribution in [-0.4, -0.2) is 29.2 Å². The Bertz CT molecular complexity index is 717. The first-order valence-electron chi connectivity index (χ1n) is 7.32. The van der Waals surface area contributed by atoms with Crippen LogP contribution in [0.5, 0.6) is 0 Å². The molecule has 0 atom stereocenters. The van der Waals surface area contributed by atoms with Crippen LogP contribution in [-0.2, 0) is 9.53 Å². The normalized spacial score (nSPS) is 10.5. The van der Waals surface area contributed by atoms with Crippen LogP contribution in [0.4, 0.5) is 5.13 Å². The highest BCUT2D eigenvalue weighted by Crippen LogP contribution is 2.24. The summed E-state index contributed by atoms with van der Waals surface area (Å²) in [6, 6.07) is 7.47. The predicted octanol–water partition coefficient (Wildman–Crippen LogP) is 4.40. The van der Waals surface area contributed by atoms with Gasteiger partial charge in [-0.25, -0.2) is 9.78 Å². The largest absolute Gasteiger partial charge is 0.462 e. The number of amides is 1. The molecule has 5 nitrogen and oxygen atoms in total. The summed E-state index contributed by atoms with van der Waals surface area (Å²) in [7, 11) is 0. The van der Waals surface area contributed by atoms with E-state index in [1.807, 2.05) is 24.3 Å². The number of hydrogen-bond donors (Lipinski definition) is 1. The zero-order chi connectivity index (χ0) is 17.5. The molecule has 0 aliphatic carbocycles. The Morgan fingerprint density at radius 2 is 2.04 bits per heavy atom. The number of nitrogens with zero attached hydrogens (tertiary/aromatic N) is 1. The number of rotatable bonds is 7. The van der Waals surface area contributed by atoms with E-state index in [4.69, 9.17) is 16.3 Å². The van der Waals surface area contributed by atoms with Gasteiger partial charge in [0, 0.05) is 22.1 Å². The first kappa shape index (κ1) is 18.8. The van der Waals surface area contributed by atoms with E-state index in [9.17, 15) is 9.59 Å². The molecule has 24 heavy (non-hydrogen) atoms. The molecule has 0 radical (unpaired) electrons. The van der Waals surface area contributed by atoms with Crippen LogP contribution in [0.2, 0.25) is 5.02 Å². The van der Waals surface area contributed by atoms with E-state index in [-0.39, 0.29) is 5.91 Å². The fourth-order valence-corrected chi connectivity index (χ4v) is 3.66. The number of ether oxygens (including phenoxy) is 1. The van der Waals surface area contributed by atoms with Gasteiger partial charge >= 0.3 is 5.97 Å². The molecule has 1 aromatic carbocycles. The highest BCUT2D eigenvalue weighted by atomic mass is 35.5. The zero-order valence-corrected chi connectivity index (χ0v) is 15.7. The number of esters is 1. The molecule has 8 heteroatoms. The summed E-state index contributed by atoms with van der Waals surface area (Å²) in [5.41, 5.74) is 0.560. The van der Waals surface area contributed by atoms with Crippen LogP contribution in [0.15, 0.2) is 29.2 Å². The third-order valence-electron chi connectivity index (χ3n) is 2.92. The molecule has 128 valence electrons. The van der Waals surface area contributed by atoms with Gasteiger partial charge in [-0.3, -0.25) is 4.79 Å². The molecule has 2 rings (SSSR count). The van der Waals surface area contributed by atoms with Crippen molar-refractivity contribution in [3.8, 4) is 0 Å². The first-order valence-corrected chi connectivity index (χ1v) is 9.50. The zero-order valence-electron chi connectivity index (χ0n) is 13.3. The van der Waals surface area contributed by atoms with E-state index in [2.05, 4.69) is 10.3 Å². The van der Waals surface area contributed by atoms with Crippen LogP contribution >= 0.6 is 34.7 Å². The van der Waals surface area contributed by atoms with Gasteiger partial charge in [0.2, 0.25) is 5.91 Å². The van der Waals surface area contributed by atoms with Gasteiger partial charge in [-0.2, -0.15) is 0 Å². The summed E-state index contributed by atoms with van der Waals surface area (Å²) in [6.07, 6.45) is 0.348. The Morgan fingerprint density at radius 1 is 1.33 bits per heavy atom. The SMILES string of the molecule is CCOC(=O)c1sc(NC(=O)CCSc2ccc(Cl)cc2)nc1C. The van der Waals surface area contributed by atoms with Crippen LogP contribution in [0.1, 0.15) is 28.7 Å². The van der Waals surface area contributed by atoms with E-state index in [0.29, 0.717) is 39.5 Å². The molecular weight excluding hydrogens is 368 g/mol. The van der Waals surface area contributed by atoms with Crippen molar-refractivity contribution < 1.29 is 14.3 Å². The lowest BCUT2D eigenvalue weighted by atomic mass is 10.4. The summed E-state index contributed by atoms with van der Waals surface area (Å²) in [4.78, 5) is 29.4. The third kappa shape index (κ3) is 5.51. The lowest BCUT2D eigenvalue weighted by Gasteiger charge is -2.02. The second-order valence-electron chi connectivity index (χ2n) is 4.75. The maximum Gasteiger partial charge on any atom is 0.350 e. The second-order valence-corrected chi connectivity index (χ2v) is 7.36. The molecular formula is C16H17ClN2O3S2. The fourth-order valence-electron chi connectivity index (χ4n) is 1.81. The van der Waals surface area contributed by atoms with Crippen LogP contribution in [0.25, 0.3) is 0 Å². The highest BCUT2D eigenvalue weighted by Gasteiger charge is 2.17. The van der Waals surface area contributed by atoms with Crippen LogP contribution in [0, 0.1) is 6.92 Å². The number of nitrogens with one attached hydrogen (secondary N) is 1. The van der Waals surface area contributed by atoms with Crippen LogP contribution < -0.4 is 5.32 Å². The van der Waals surface area contributed by atoms with Crippen molar-refractivity contribution in [3.05, 3.63) is 39.9 Å². The number of thioether (sulfide) groups is 1. The molecule has 1 aromatic heterocycles. The smallest absolute Gasteiger partial charge is 0.350 e. The van der Waals surface area contributed by atoms with E-state index in [1.165, 1.54) is 0 Å². The first-order chi connectivity index (χ1) is 11.5. The number of benzene rings is 1. The number of aryl methyl sites for hydroxylation is 1. The molecule has 2 aromatic rings. The lowest BCUT2D eigenvalue weighted by molar-refractivity contribution is -0.115. The Balaban J connectivity index is 1.83. The van der Waals surface area contributed by atoms with Gasteiger partial charge in [0.15, 0.2) is 5.13 Å². The van der Waals surface area contributed by atoms with Crippen molar-refractivity contribution in [2.24, 2.45) is 0 Å². The number of carbonyl (C=O) groups is 2. The van der Waals surface area contributed by atoms with Gasteiger partial charge in [-0.1, -0.05) is 22.9 Å². The van der Waals surface area contributed by atoms with Gasteiger partial charge < -0.3 is 10.1 Å². The molecule has 0 saturated carbocycles. The lowest BCUT2D eigenvalue weighted by Crippen LogP contribution is -2.11. The van der Waals surface area contributed by atoms with Crippen molar-refractivity contribution >= 4 is 51.7 Å². The number of carbonyl (C=O) groups excluding carboxylic acids is 2. The number of thiazole rings is 1. The number of aromatic nitrogens is 1. The molecule has 0 fully saturated rings. The molecule has 0 saturated heterocycles. The topological polar surface area (TPSA) is 68.3 Å². The Hall–Kier alpha value is -1.57. The van der Waals surface area contributed by atoms with Crippen molar-refractivity contribution in [3.63, 3.8) is 0 Å². The quantitative estimate of drug-likeness (QED) is 0.566. The number of hydrogen-bond acceptors (Lipinski definition) is 6. The molecule has 1 heterocycles. The number of anilines is 1. The maximum absolute atomic E-state index is 12.0. The maximum atomic E-state index is 12.0. The summed E-state index contributed by atoms with van der Waals surface area (Å²) in [5, 5.41) is 3.82. The minimum absolute atomic E-state index is 0.138. The van der Waals surface area contributed by atoms with E-state index < -0.39 is 5.97 Å². The van der Waals surface area contributed by atoms with Crippen molar-refractivity contribution in [2.45, 2.75) is 25.2 Å². The summed E-state index contributed by atoms with van der Waals surface area (Å²) in [5.74, 6) is 0.0923. The Morgan fingerprint density at radius 3 is 2.71 bits per heavy atom. The molecule has 0 aliphatic rings. The average Bonchev–Trinajstić information content (AvgIpc) is 2.90. The second kappa shape index (κ2) is 9.05. The molecule has 1 amide bonds. The Kier molecular flexibility index (Phi) is 7.08.